The zero-order valence-electron chi connectivity index (χ0n) is 15.3. The first-order chi connectivity index (χ1) is 14.7. The lowest BCUT2D eigenvalue weighted by Gasteiger charge is -2.10. The molecule has 1 aliphatic heterocycles. The molecule has 11 heteroatoms. The van der Waals surface area contributed by atoms with Crippen LogP contribution in [0.2, 0.25) is 10.0 Å². The minimum atomic E-state index is -1.59. The number of halogens is 2. The molecule has 156 valence electrons. The predicted octanol–water partition coefficient (Wildman–Crippen LogP) is 4.27. The Morgan fingerprint density at radius 2 is 1.71 bits per heavy atom. The van der Waals surface area contributed by atoms with Gasteiger partial charge < -0.3 is 15.5 Å². The lowest BCUT2D eigenvalue weighted by molar-refractivity contribution is -0.113. The Kier molecular flexibility index (Phi) is 4.92. The maximum absolute atomic E-state index is 12.9. The minimum Gasteiger partial charge on any atom is -0.477 e. The summed E-state index contributed by atoms with van der Waals surface area (Å²) >= 11 is 12.2. The van der Waals surface area contributed by atoms with Gasteiger partial charge in [-0.1, -0.05) is 41.4 Å². The first-order valence-electron chi connectivity index (χ1n) is 8.63. The van der Waals surface area contributed by atoms with E-state index in [1.807, 2.05) is 0 Å². The zero-order chi connectivity index (χ0) is 22.4. The summed E-state index contributed by atoms with van der Waals surface area (Å²) in [4.78, 5) is 49.9. The molecular formula is C20H11Cl2N3O6. The van der Waals surface area contributed by atoms with E-state index in [9.17, 15) is 29.4 Å². The van der Waals surface area contributed by atoms with Crippen LogP contribution in [0, 0.1) is 0 Å². The van der Waals surface area contributed by atoms with Crippen LogP contribution in [0.4, 0.5) is 15.3 Å². The monoisotopic (exact) mass is 459 g/mol. The highest BCUT2D eigenvalue weighted by Crippen LogP contribution is 2.36. The van der Waals surface area contributed by atoms with Gasteiger partial charge in [-0.15, -0.1) is 0 Å². The topological polar surface area (TPSA) is 129 Å². The van der Waals surface area contributed by atoms with Gasteiger partial charge in [-0.05, 0) is 30.3 Å². The van der Waals surface area contributed by atoms with Crippen molar-refractivity contribution in [2.24, 2.45) is 0 Å². The van der Waals surface area contributed by atoms with Crippen molar-refractivity contribution in [1.82, 2.24) is 9.88 Å². The highest BCUT2D eigenvalue weighted by molar-refractivity contribution is 6.40. The van der Waals surface area contributed by atoms with E-state index in [2.05, 4.69) is 5.32 Å². The molecular weight excluding hydrogens is 449 g/mol. The van der Waals surface area contributed by atoms with Crippen molar-refractivity contribution in [2.45, 2.75) is 0 Å². The van der Waals surface area contributed by atoms with Crippen LogP contribution in [0.25, 0.3) is 17.0 Å². The third-order valence-electron chi connectivity index (χ3n) is 4.60. The van der Waals surface area contributed by atoms with Gasteiger partial charge in [-0.25, -0.2) is 23.9 Å². The van der Waals surface area contributed by atoms with Crippen molar-refractivity contribution in [3.8, 4) is 0 Å². The molecule has 2 heterocycles. The van der Waals surface area contributed by atoms with Crippen LogP contribution in [0.15, 0.2) is 48.2 Å². The number of carboxylic acid groups (broad SMARTS) is 2. The molecule has 0 unspecified atom stereocenters. The number of imide groups is 1. The summed E-state index contributed by atoms with van der Waals surface area (Å²) in [5, 5.41) is 21.8. The van der Waals surface area contributed by atoms with E-state index in [-0.39, 0.29) is 32.2 Å². The molecule has 0 aliphatic carbocycles. The molecule has 1 aliphatic rings. The number of amides is 3. The molecule has 1 saturated heterocycles. The van der Waals surface area contributed by atoms with Gasteiger partial charge in [0.15, 0.2) is 0 Å². The molecule has 4 rings (SSSR count). The van der Waals surface area contributed by atoms with Gasteiger partial charge in [0.05, 0.1) is 16.2 Å². The molecule has 1 fully saturated rings. The van der Waals surface area contributed by atoms with Crippen LogP contribution in [0.3, 0.4) is 0 Å². The van der Waals surface area contributed by atoms with Crippen molar-refractivity contribution in [2.75, 3.05) is 4.90 Å². The van der Waals surface area contributed by atoms with Gasteiger partial charge in [0.2, 0.25) is 0 Å². The SMILES string of the molecule is O=C(O)c1c(C=C2NC(=O)N(c3ccccc3)C2=O)c2c(Cl)cc(Cl)cc2n1C(=O)O. The molecule has 3 N–H and O–H groups in total. The van der Waals surface area contributed by atoms with E-state index >= 15 is 0 Å². The van der Waals surface area contributed by atoms with Crippen LogP contribution in [0.5, 0.6) is 0 Å². The number of anilines is 1. The molecule has 0 radical (unpaired) electrons. The van der Waals surface area contributed by atoms with Crippen molar-refractivity contribution >= 4 is 69.9 Å². The number of para-hydroxylation sites is 1. The van der Waals surface area contributed by atoms with E-state index in [0.29, 0.717) is 10.3 Å². The lowest BCUT2D eigenvalue weighted by Crippen LogP contribution is -2.30. The normalized spacial score (nSPS) is 15.0. The second-order valence-electron chi connectivity index (χ2n) is 6.43. The third kappa shape index (κ3) is 3.29. The number of nitrogens with one attached hydrogen (secondary N) is 1. The molecule has 2 aromatic carbocycles. The maximum Gasteiger partial charge on any atom is 0.416 e. The molecule has 0 atom stereocenters. The number of nitrogens with zero attached hydrogens (tertiary/aromatic N) is 2. The van der Waals surface area contributed by atoms with Crippen LogP contribution in [-0.4, -0.2) is 38.8 Å². The number of carbonyl (C=O) groups is 4. The van der Waals surface area contributed by atoms with Crippen LogP contribution >= 0.6 is 23.2 Å². The summed E-state index contributed by atoms with van der Waals surface area (Å²) in [6, 6.07) is 9.93. The summed E-state index contributed by atoms with van der Waals surface area (Å²) in [7, 11) is 0. The molecule has 0 saturated carbocycles. The Bertz CT molecular complexity index is 1330. The Labute approximate surface area is 183 Å². The Morgan fingerprint density at radius 3 is 2.32 bits per heavy atom. The summed E-state index contributed by atoms with van der Waals surface area (Å²) in [5.41, 5.74) is -0.827. The standard InChI is InChI=1S/C20H11Cl2N3O6/c21-9-6-12(22)15-11(16(18(27)28)25(20(30)31)14(15)7-9)8-13-17(26)24(19(29)23-13)10-4-2-1-3-5-10/h1-8H,(H,23,29)(H,27,28)(H,30,31). The zero-order valence-corrected chi connectivity index (χ0v) is 16.8. The Balaban J connectivity index is 1.97. The second-order valence-corrected chi connectivity index (χ2v) is 7.28. The minimum absolute atomic E-state index is 0.0199. The fourth-order valence-electron chi connectivity index (χ4n) is 3.40. The van der Waals surface area contributed by atoms with Crippen molar-refractivity contribution < 1.29 is 29.4 Å². The molecule has 3 amide bonds. The van der Waals surface area contributed by atoms with E-state index in [1.165, 1.54) is 12.1 Å². The fourth-order valence-corrected chi connectivity index (χ4v) is 3.99. The van der Waals surface area contributed by atoms with E-state index in [1.54, 1.807) is 30.3 Å². The Morgan fingerprint density at radius 1 is 1.03 bits per heavy atom. The molecule has 0 bridgehead atoms. The number of aromatic nitrogens is 1. The smallest absolute Gasteiger partial charge is 0.416 e. The van der Waals surface area contributed by atoms with Crippen LogP contribution in [-0.2, 0) is 4.79 Å². The van der Waals surface area contributed by atoms with Gasteiger partial charge in [0.25, 0.3) is 5.91 Å². The quantitative estimate of drug-likeness (QED) is 0.396. The summed E-state index contributed by atoms with van der Waals surface area (Å²) in [5.74, 6) is -2.32. The van der Waals surface area contributed by atoms with Crippen molar-refractivity contribution in [1.29, 1.82) is 0 Å². The predicted molar refractivity (Wildman–Crippen MR) is 113 cm³/mol. The molecule has 9 nitrogen and oxygen atoms in total. The Hall–Kier alpha value is -3.82. The fraction of sp³-hybridized carbons (Fsp3) is 0. The number of aromatic carboxylic acids is 1. The van der Waals surface area contributed by atoms with Crippen molar-refractivity contribution in [3.63, 3.8) is 0 Å². The van der Waals surface area contributed by atoms with Crippen molar-refractivity contribution in [3.05, 3.63) is 69.5 Å². The number of carbonyl (C=O) groups excluding carboxylic acids is 2. The van der Waals surface area contributed by atoms with Gasteiger partial charge in [0.1, 0.15) is 11.4 Å². The molecule has 3 aromatic rings. The van der Waals surface area contributed by atoms with Gasteiger partial charge >= 0.3 is 18.1 Å². The number of hydrogen-bond acceptors (Lipinski definition) is 4. The van der Waals surface area contributed by atoms with E-state index in [0.717, 1.165) is 11.0 Å². The summed E-state index contributed by atoms with van der Waals surface area (Å²) in [6.45, 7) is 0. The molecule has 31 heavy (non-hydrogen) atoms. The van der Waals surface area contributed by atoms with Gasteiger partial charge in [-0.2, -0.15) is 0 Å². The number of benzene rings is 2. The lowest BCUT2D eigenvalue weighted by atomic mass is 10.1. The number of urea groups is 1. The first kappa shape index (κ1) is 20.5. The number of hydrogen-bond donors (Lipinski definition) is 3. The number of carboxylic acids is 1. The largest absolute Gasteiger partial charge is 0.477 e. The van der Waals surface area contributed by atoms with Crippen LogP contribution < -0.4 is 10.2 Å². The maximum atomic E-state index is 12.9. The molecule has 0 spiro atoms. The number of fused-ring (bicyclic) bond motifs is 1. The number of rotatable bonds is 3. The van der Waals surface area contributed by atoms with Gasteiger partial charge in [0, 0.05) is 16.0 Å². The highest BCUT2D eigenvalue weighted by Gasteiger charge is 2.36. The van der Waals surface area contributed by atoms with Crippen LogP contribution in [0.1, 0.15) is 16.1 Å². The van der Waals surface area contributed by atoms with E-state index in [4.69, 9.17) is 23.2 Å². The second kappa shape index (κ2) is 7.46. The summed E-state index contributed by atoms with van der Waals surface area (Å²) in [6.07, 6.45) is -0.494. The third-order valence-corrected chi connectivity index (χ3v) is 5.11. The highest BCUT2D eigenvalue weighted by atomic mass is 35.5. The molecule has 1 aromatic heterocycles. The first-order valence-corrected chi connectivity index (χ1v) is 9.38. The average molecular weight is 460 g/mol. The van der Waals surface area contributed by atoms with E-state index < -0.39 is 29.7 Å². The average Bonchev–Trinajstić information content (AvgIpc) is 3.17. The summed E-state index contributed by atoms with van der Waals surface area (Å²) < 4.78 is 0.512. The van der Waals surface area contributed by atoms with Gasteiger partial charge in [-0.3, -0.25) is 4.79 Å².